The maximum Gasteiger partial charge on any atom is 0.193 e. The first kappa shape index (κ1) is 46.1. The third-order valence-corrected chi connectivity index (χ3v) is 30.3. The molecule has 3 unspecified atom stereocenters. The average Bonchev–Trinajstić information content (AvgIpc) is 3.45. The highest BCUT2D eigenvalue weighted by molar-refractivity contribution is 6.74. The molecule has 2 fully saturated rings. The summed E-state index contributed by atoms with van der Waals surface area (Å²) >= 11 is 0. The lowest BCUT2D eigenvalue weighted by Crippen LogP contribution is -2.58. The van der Waals surface area contributed by atoms with Crippen LogP contribution in [0, 0.1) is 22.7 Å². The van der Waals surface area contributed by atoms with Gasteiger partial charge in [-0.15, -0.1) is 0 Å². The van der Waals surface area contributed by atoms with Crippen molar-refractivity contribution in [3.8, 4) is 0 Å². The van der Waals surface area contributed by atoms with Crippen LogP contribution in [0.4, 0.5) is 0 Å². The van der Waals surface area contributed by atoms with E-state index in [-0.39, 0.29) is 44.8 Å². The molecule has 0 saturated heterocycles. The van der Waals surface area contributed by atoms with Gasteiger partial charge < -0.3 is 18.0 Å². The van der Waals surface area contributed by atoms with Crippen LogP contribution in [0.15, 0.2) is 47.1 Å². The van der Waals surface area contributed by atoms with Crippen molar-refractivity contribution < 1.29 is 18.0 Å². The predicted molar refractivity (Wildman–Crippen MR) is 241 cm³/mol. The van der Waals surface area contributed by atoms with Gasteiger partial charge >= 0.3 is 0 Å². The summed E-state index contributed by atoms with van der Waals surface area (Å²) in [6.45, 7) is 43.6. The highest BCUT2D eigenvalue weighted by Crippen LogP contribution is 2.65. The number of fused-ring (bicyclic) bond motifs is 5. The minimum absolute atomic E-state index is 0.00914. The molecule has 4 aliphatic rings. The van der Waals surface area contributed by atoms with Crippen molar-refractivity contribution in [3.63, 3.8) is 0 Å². The number of allylic oxidation sites excluding steroid dienone is 4. The Morgan fingerprint density at radius 3 is 1.94 bits per heavy atom. The molecule has 4 rings (SSSR count). The van der Waals surface area contributed by atoms with Gasteiger partial charge in [-0.1, -0.05) is 132 Å². The van der Waals surface area contributed by atoms with E-state index in [1.54, 1.807) is 11.1 Å². The van der Waals surface area contributed by atoms with E-state index in [1.165, 1.54) is 36.5 Å². The van der Waals surface area contributed by atoms with E-state index >= 15 is 0 Å². The molecule has 0 spiro atoms. The molecule has 0 amide bonds. The van der Waals surface area contributed by atoms with E-state index < -0.39 is 25.0 Å². The summed E-state index contributed by atoms with van der Waals surface area (Å²) in [6, 6.07) is 3.54. The molecule has 2 saturated carbocycles. The average molecular weight is 799 g/mol. The van der Waals surface area contributed by atoms with Crippen molar-refractivity contribution in [1.82, 2.24) is 0 Å². The molecule has 0 aromatic heterocycles. The SMILES string of the molecule is CCC(/C=C\COC(C)C1=CC[C@H]2C3=CC=C4CC(O[Si](C)(C)C(C)(C)C)CC(O[Si](C)(C)C(C)(C)C)[C@]4(C)[C@H]3CC[C@]12C)(CC)O[Si](CC)(CC)CC. The molecule has 4 aliphatic carbocycles. The Morgan fingerprint density at radius 1 is 0.833 bits per heavy atom. The fourth-order valence-corrected chi connectivity index (χ4v) is 16.2. The van der Waals surface area contributed by atoms with Crippen molar-refractivity contribution in [1.29, 1.82) is 0 Å². The van der Waals surface area contributed by atoms with Crippen LogP contribution < -0.4 is 0 Å². The third kappa shape index (κ3) is 8.73. The van der Waals surface area contributed by atoms with E-state index in [9.17, 15) is 0 Å². The molecule has 7 atom stereocenters. The van der Waals surface area contributed by atoms with Crippen LogP contribution in [0.1, 0.15) is 142 Å². The third-order valence-electron chi connectivity index (χ3n) is 16.6. The lowest BCUT2D eigenvalue weighted by molar-refractivity contribution is -0.0399. The maximum absolute atomic E-state index is 7.59. The van der Waals surface area contributed by atoms with Gasteiger partial charge in [0.25, 0.3) is 0 Å². The Bertz CT molecular complexity index is 1410. The maximum atomic E-state index is 7.59. The van der Waals surface area contributed by atoms with Gasteiger partial charge in [-0.05, 0) is 129 Å². The molecule has 0 aromatic carbocycles. The van der Waals surface area contributed by atoms with Crippen molar-refractivity contribution in [2.24, 2.45) is 22.7 Å². The van der Waals surface area contributed by atoms with Crippen LogP contribution in [-0.2, 0) is 18.0 Å². The summed E-state index contributed by atoms with van der Waals surface area (Å²) in [5.41, 5.74) is 4.70. The molecule has 0 N–H and O–H groups in total. The van der Waals surface area contributed by atoms with E-state index in [2.05, 4.69) is 154 Å². The lowest BCUT2D eigenvalue weighted by Gasteiger charge is -2.59. The molecule has 0 radical (unpaired) electrons. The van der Waals surface area contributed by atoms with E-state index in [1.807, 2.05) is 0 Å². The van der Waals surface area contributed by atoms with Gasteiger partial charge in [-0.3, -0.25) is 0 Å². The highest BCUT2D eigenvalue weighted by atomic mass is 28.4. The van der Waals surface area contributed by atoms with Crippen LogP contribution in [0.5, 0.6) is 0 Å². The first-order chi connectivity index (χ1) is 24.8. The van der Waals surface area contributed by atoms with Gasteiger partial charge in [0, 0.05) is 5.41 Å². The molecule has 0 aromatic rings. The molecule has 310 valence electrons. The quantitative estimate of drug-likeness (QED) is 0.115. The van der Waals surface area contributed by atoms with Gasteiger partial charge in [-0.25, -0.2) is 0 Å². The fraction of sp³-hybridized carbons (Fsp3) is 0.830. The highest BCUT2D eigenvalue weighted by Gasteiger charge is 2.59. The van der Waals surface area contributed by atoms with Crippen molar-refractivity contribution in [3.05, 3.63) is 47.1 Å². The molecular weight excluding hydrogens is 713 g/mol. The normalized spacial score (nSPS) is 30.4. The summed E-state index contributed by atoms with van der Waals surface area (Å²) in [5.74, 6) is 1.03. The van der Waals surface area contributed by atoms with E-state index in [0.717, 1.165) is 32.1 Å². The van der Waals surface area contributed by atoms with Crippen LogP contribution in [-0.4, -0.2) is 55.5 Å². The van der Waals surface area contributed by atoms with Crippen LogP contribution in [0.3, 0.4) is 0 Å². The minimum Gasteiger partial charge on any atom is -0.414 e. The predicted octanol–water partition coefficient (Wildman–Crippen LogP) is 14.3. The summed E-state index contributed by atoms with van der Waals surface area (Å²) in [4.78, 5) is 0. The summed E-state index contributed by atoms with van der Waals surface area (Å²) < 4.78 is 28.6. The Kier molecular flexibility index (Phi) is 14.2. The Labute approximate surface area is 338 Å². The summed E-state index contributed by atoms with van der Waals surface area (Å²) in [5, 5.41) is 0.342. The van der Waals surface area contributed by atoms with Gasteiger partial charge in [-0.2, -0.15) is 0 Å². The second-order valence-corrected chi connectivity index (χ2v) is 35.6. The van der Waals surface area contributed by atoms with Crippen LogP contribution >= 0.6 is 0 Å². The Morgan fingerprint density at radius 2 is 1.41 bits per heavy atom. The van der Waals surface area contributed by atoms with E-state index in [0.29, 0.717) is 18.4 Å². The number of ether oxygens (including phenoxy) is 1. The van der Waals surface area contributed by atoms with E-state index in [4.69, 9.17) is 18.0 Å². The van der Waals surface area contributed by atoms with Gasteiger partial charge in [0.2, 0.25) is 0 Å². The zero-order valence-electron chi connectivity index (χ0n) is 38.7. The van der Waals surface area contributed by atoms with Gasteiger partial charge in [0.05, 0.1) is 30.5 Å². The number of hydrogen-bond acceptors (Lipinski definition) is 4. The Hall–Kier alpha value is -0.549. The van der Waals surface area contributed by atoms with Gasteiger partial charge in [0.15, 0.2) is 25.0 Å². The lowest BCUT2D eigenvalue weighted by atomic mass is 9.49. The monoisotopic (exact) mass is 799 g/mol. The zero-order valence-corrected chi connectivity index (χ0v) is 41.7. The molecule has 54 heavy (non-hydrogen) atoms. The molecule has 0 aliphatic heterocycles. The molecule has 0 heterocycles. The second kappa shape index (κ2) is 16.6. The molecule has 7 heteroatoms. The topological polar surface area (TPSA) is 36.9 Å². The minimum atomic E-state index is -2.04. The summed E-state index contributed by atoms with van der Waals surface area (Å²) in [6.07, 6.45) is 20.3. The first-order valence-corrected chi connectivity index (χ1v) is 30.7. The summed E-state index contributed by atoms with van der Waals surface area (Å²) in [7, 11) is -5.70. The van der Waals surface area contributed by atoms with Crippen molar-refractivity contribution in [2.75, 3.05) is 6.61 Å². The van der Waals surface area contributed by atoms with Crippen molar-refractivity contribution in [2.45, 2.75) is 220 Å². The molecule has 0 bridgehead atoms. The van der Waals surface area contributed by atoms with Gasteiger partial charge in [0.1, 0.15) is 0 Å². The number of hydrogen-bond donors (Lipinski definition) is 0. The first-order valence-electron chi connectivity index (χ1n) is 22.3. The standard InChI is InChI=1S/C47H86O4Si3/c1-19-47(20-2,51-54(21-3,22-4)23-5)30-24-32-48-35(6)39-27-28-40-38-26-25-36-33-37(49-52(15,16)43(7,8)9)34-42(50-53(17,18)44(10,11)12)46(36,14)41(38)29-31-45(39,40)13/h24-27,30,35,37,40-42H,19-23,28-29,31-34H2,1-18H3/b30-24-/t35?,37?,40-,41-,42?,45+,46-/m0/s1. The zero-order chi connectivity index (χ0) is 40.8. The Balaban J connectivity index is 1.57. The number of rotatable bonds is 16. The van der Waals surface area contributed by atoms with Crippen LogP contribution in [0.25, 0.3) is 0 Å². The second-order valence-electron chi connectivity index (χ2n) is 21.4. The molecule has 4 nitrogen and oxygen atoms in total. The smallest absolute Gasteiger partial charge is 0.193 e. The largest absolute Gasteiger partial charge is 0.414 e. The van der Waals surface area contributed by atoms with Crippen LogP contribution in [0.2, 0.25) is 54.4 Å². The van der Waals surface area contributed by atoms with Crippen molar-refractivity contribution >= 4 is 25.0 Å². The molecular formula is C47H86O4Si3. The fourth-order valence-electron chi connectivity index (χ4n) is 10.3.